The van der Waals surface area contributed by atoms with E-state index in [2.05, 4.69) is 10.7 Å². The molecular weight excluding hydrogens is 410 g/mol. The third-order valence-corrected chi connectivity index (χ3v) is 3.50. The summed E-state index contributed by atoms with van der Waals surface area (Å²) in [6.45, 7) is -0.511. The Morgan fingerprint density at radius 3 is 2.17 bits per heavy atom. The monoisotopic (exact) mass is 422 g/mol. The number of nitro groups is 1. The van der Waals surface area contributed by atoms with Gasteiger partial charge in [-0.05, 0) is 30.3 Å². The van der Waals surface area contributed by atoms with Gasteiger partial charge in [-0.3, -0.25) is 25.8 Å². The summed E-state index contributed by atoms with van der Waals surface area (Å²) in [6.07, 6.45) is -9.36. The van der Waals surface area contributed by atoms with Gasteiger partial charge in [0.1, 0.15) is 5.69 Å². The van der Waals surface area contributed by atoms with E-state index in [1.54, 1.807) is 0 Å². The van der Waals surface area contributed by atoms with Crippen LogP contribution in [0.3, 0.4) is 0 Å². The smallest absolute Gasteiger partial charge is 0.376 e. The van der Waals surface area contributed by atoms with Crippen LogP contribution in [0.2, 0.25) is 0 Å². The zero-order valence-corrected chi connectivity index (χ0v) is 14.2. The minimum absolute atomic E-state index is 0.00418. The molecule has 7 nitrogen and oxygen atoms in total. The highest BCUT2D eigenvalue weighted by Crippen LogP contribution is 2.34. The van der Waals surface area contributed by atoms with E-state index in [0.717, 1.165) is 24.3 Å². The van der Waals surface area contributed by atoms with E-state index >= 15 is 0 Å². The number of hydrogen-bond acceptors (Lipinski definition) is 5. The van der Waals surface area contributed by atoms with Crippen LogP contribution in [-0.4, -0.2) is 17.4 Å². The molecule has 0 saturated carbocycles. The summed E-state index contributed by atoms with van der Waals surface area (Å²) >= 11 is 0. The molecule has 0 bridgehead atoms. The number of anilines is 2. The molecule has 2 aromatic carbocycles. The van der Waals surface area contributed by atoms with Crippen molar-refractivity contribution in [1.29, 1.82) is 0 Å². The molecule has 0 saturated heterocycles. The Hall–Kier alpha value is -3.51. The Kier molecular flexibility index (Phi) is 6.19. The third-order valence-electron chi connectivity index (χ3n) is 3.50. The summed E-state index contributed by atoms with van der Waals surface area (Å²) in [4.78, 5) is 21.7. The largest absolute Gasteiger partial charge is 0.416 e. The molecule has 1 amide bonds. The maximum atomic E-state index is 12.6. The van der Waals surface area contributed by atoms with Crippen molar-refractivity contribution in [3.63, 3.8) is 0 Å². The summed E-state index contributed by atoms with van der Waals surface area (Å²) in [5.41, 5.74) is 0.616. The maximum Gasteiger partial charge on any atom is 0.416 e. The first-order valence-corrected chi connectivity index (χ1v) is 7.69. The van der Waals surface area contributed by atoms with Crippen LogP contribution in [0.15, 0.2) is 42.5 Å². The quantitative estimate of drug-likeness (QED) is 0.369. The fourth-order valence-electron chi connectivity index (χ4n) is 2.13. The molecule has 0 aliphatic carbocycles. The summed E-state index contributed by atoms with van der Waals surface area (Å²) in [5.74, 6) is -0.836. The Bertz CT molecular complexity index is 914. The van der Waals surface area contributed by atoms with E-state index in [4.69, 9.17) is 0 Å². The van der Waals surface area contributed by atoms with E-state index in [-0.39, 0.29) is 5.69 Å². The van der Waals surface area contributed by atoms with Gasteiger partial charge < -0.3 is 5.32 Å². The van der Waals surface area contributed by atoms with Crippen molar-refractivity contribution >= 4 is 23.0 Å². The SMILES string of the molecule is O=C(CNc1cccc(C(F)(F)F)c1)NNc1ccc(C(F)(F)F)cc1[N+](=O)[O-]. The van der Waals surface area contributed by atoms with Crippen LogP contribution in [0, 0.1) is 10.1 Å². The third kappa shape index (κ3) is 5.99. The molecule has 156 valence electrons. The molecule has 0 aliphatic rings. The number of nitrogens with one attached hydrogen (secondary N) is 3. The molecule has 13 heteroatoms. The van der Waals surface area contributed by atoms with Gasteiger partial charge in [0, 0.05) is 11.8 Å². The van der Waals surface area contributed by atoms with Crippen molar-refractivity contribution in [1.82, 2.24) is 5.43 Å². The number of nitro benzene ring substituents is 1. The summed E-state index contributed by atoms with van der Waals surface area (Å²) in [7, 11) is 0. The van der Waals surface area contributed by atoms with Gasteiger partial charge in [0.25, 0.3) is 11.6 Å². The zero-order chi connectivity index (χ0) is 21.8. The molecule has 0 aliphatic heterocycles. The number of alkyl halides is 6. The minimum atomic E-state index is -4.79. The van der Waals surface area contributed by atoms with Crippen molar-refractivity contribution < 1.29 is 36.1 Å². The Labute approximate surface area is 158 Å². The number of hydrogen-bond donors (Lipinski definition) is 3. The van der Waals surface area contributed by atoms with Crippen LogP contribution in [0.1, 0.15) is 11.1 Å². The first-order chi connectivity index (χ1) is 13.4. The van der Waals surface area contributed by atoms with Crippen molar-refractivity contribution in [2.75, 3.05) is 17.3 Å². The Morgan fingerprint density at radius 1 is 0.966 bits per heavy atom. The fraction of sp³-hybridized carbons (Fsp3) is 0.188. The van der Waals surface area contributed by atoms with Crippen molar-refractivity contribution in [3.8, 4) is 0 Å². The number of carbonyl (C=O) groups excluding carboxylic acids is 1. The number of carbonyl (C=O) groups is 1. The molecule has 0 spiro atoms. The molecule has 0 radical (unpaired) electrons. The average molecular weight is 422 g/mol. The topological polar surface area (TPSA) is 96.3 Å². The van der Waals surface area contributed by atoms with Gasteiger partial charge in [-0.25, -0.2) is 0 Å². The second-order valence-corrected chi connectivity index (χ2v) is 5.59. The first kappa shape index (κ1) is 21.8. The molecule has 0 aromatic heterocycles. The zero-order valence-electron chi connectivity index (χ0n) is 14.2. The van der Waals surface area contributed by atoms with Crippen LogP contribution in [0.5, 0.6) is 0 Å². The van der Waals surface area contributed by atoms with Gasteiger partial charge in [-0.2, -0.15) is 26.3 Å². The lowest BCUT2D eigenvalue weighted by Gasteiger charge is -2.13. The van der Waals surface area contributed by atoms with E-state index in [9.17, 15) is 41.3 Å². The lowest BCUT2D eigenvalue weighted by molar-refractivity contribution is -0.384. The molecule has 3 N–H and O–H groups in total. The number of amides is 1. The molecule has 0 fully saturated rings. The van der Waals surface area contributed by atoms with Gasteiger partial charge in [0.15, 0.2) is 0 Å². The fourth-order valence-corrected chi connectivity index (χ4v) is 2.13. The first-order valence-electron chi connectivity index (χ1n) is 7.69. The lowest BCUT2D eigenvalue weighted by atomic mass is 10.1. The molecule has 2 aromatic rings. The van der Waals surface area contributed by atoms with E-state index in [1.165, 1.54) is 6.07 Å². The van der Waals surface area contributed by atoms with Crippen molar-refractivity contribution in [3.05, 3.63) is 63.7 Å². The molecule has 0 unspecified atom stereocenters. The summed E-state index contributed by atoms with van der Waals surface area (Å²) < 4.78 is 75.9. The predicted molar refractivity (Wildman–Crippen MR) is 89.8 cm³/mol. The standard InChI is InChI=1S/C16H12F6N4O3/c17-15(18,19)9-2-1-3-11(6-9)23-8-14(27)25-24-12-5-4-10(16(20,21)22)7-13(12)26(28)29/h1-7,23-24H,8H2,(H,25,27). The minimum Gasteiger partial charge on any atom is -0.376 e. The van der Waals surface area contributed by atoms with Crippen molar-refractivity contribution in [2.45, 2.75) is 12.4 Å². The lowest BCUT2D eigenvalue weighted by Crippen LogP contribution is -2.34. The molecule has 2 rings (SSSR count). The van der Waals surface area contributed by atoms with E-state index in [1.807, 2.05) is 5.43 Å². The van der Waals surface area contributed by atoms with Crippen molar-refractivity contribution in [2.24, 2.45) is 0 Å². The number of benzene rings is 2. The number of hydrazine groups is 1. The highest BCUT2D eigenvalue weighted by atomic mass is 19.4. The maximum absolute atomic E-state index is 12.6. The van der Waals surface area contributed by atoms with Crippen LogP contribution in [-0.2, 0) is 17.1 Å². The summed E-state index contributed by atoms with van der Waals surface area (Å²) in [6, 6.07) is 5.70. The van der Waals surface area contributed by atoms with Crippen LogP contribution < -0.4 is 16.2 Å². The highest BCUT2D eigenvalue weighted by molar-refractivity contribution is 5.82. The van der Waals surface area contributed by atoms with Gasteiger partial charge in [0.2, 0.25) is 0 Å². The average Bonchev–Trinajstić information content (AvgIpc) is 2.63. The molecular formula is C16H12F6N4O3. The highest BCUT2D eigenvalue weighted by Gasteiger charge is 2.33. The molecule has 0 atom stereocenters. The van der Waals surface area contributed by atoms with Crippen LogP contribution in [0.4, 0.5) is 43.4 Å². The number of nitrogens with zero attached hydrogens (tertiary/aromatic N) is 1. The van der Waals surface area contributed by atoms with Gasteiger partial charge in [0.05, 0.1) is 22.6 Å². The second-order valence-electron chi connectivity index (χ2n) is 5.59. The summed E-state index contributed by atoms with van der Waals surface area (Å²) in [5, 5.41) is 13.4. The second kappa shape index (κ2) is 8.24. The van der Waals surface area contributed by atoms with E-state index < -0.39 is 52.2 Å². The predicted octanol–water partition coefficient (Wildman–Crippen LogP) is 4.19. The van der Waals surface area contributed by atoms with E-state index in [0.29, 0.717) is 12.1 Å². The molecule has 0 heterocycles. The number of halogens is 6. The normalized spacial score (nSPS) is 11.7. The Balaban J connectivity index is 2.00. The Morgan fingerprint density at radius 2 is 1.59 bits per heavy atom. The van der Waals surface area contributed by atoms with Gasteiger partial charge in [-0.15, -0.1) is 0 Å². The van der Waals surface area contributed by atoms with Gasteiger partial charge in [-0.1, -0.05) is 6.07 Å². The van der Waals surface area contributed by atoms with Gasteiger partial charge >= 0.3 is 12.4 Å². The van der Waals surface area contributed by atoms with Crippen LogP contribution >= 0.6 is 0 Å². The molecule has 29 heavy (non-hydrogen) atoms. The number of rotatable bonds is 6. The van der Waals surface area contributed by atoms with Crippen LogP contribution in [0.25, 0.3) is 0 Å².